The van der Waals surface area contributed by atoms with Crippen molar-refractivity contribution in [2.75, 3.05) is 7.05 Å². The number of nitrogens with zero attached hydrogens (tertiary/aromatic N) is 1. The van der Waals surface area contributed by atoms with E-state index in [1.807, 2.05) is 0 Å². The number of pyridine rings is 1. The molecule has 1 N–H and O–H groups in total. The number of aryl methyl sites for hydroxylation is 1. The fourth-order valence-electron chi connectivity index (χ4n) is 2.56. The van der Waals surface area contributed by atoms with Gasteiger partial charge in [-0.25, -0.2) is 0 Å². The van der Waals surface area contributed by atoms with Crippen LogP contribution in [0.15, 0.2) is 17.1 Å². The fraction of sp³-hybridized carbons (Fsp3) is 0.571. The lowest BCUT2D eigenvalue weighted by atomic mass is 9.94. The van der Waals surface area contributed by atoms with Gasteiger partial charge >= 0.3 is 0 Å². The Balaban J connectivity index is 2.17. The first-order chi connectivity index (χ1) is 8.59. The molecule has 0 saturated heterocycles. The minimum Gasteiger partial charge on any atom is -0.364 e. The monoisotopic (exact) mass is 248 g/mol. The second kappa shape index (κ2) is 5.38. The van der Waals surface area contributed by atoms with E-state index in [0.717, 1.165) is 18.5 Å². The van der Waals surface area contributed by atoms with Gasteiger partial charge in [0.25, 0.3) is 5.91 Å². The molecule has 0 unspecified atom stereocenters. The highest BCUT2D eigenvalue weighted by molar-refractivity contribution is 5.93. The van der Waals surface area contributed by atoms with E-state index >= 15 is 0 Å². The van der Waals surface area contributed by atoms with E-state index < -0.39 is 0 Å². The van der Waals surface area contributed by atoms with Gasteiger partial charge in [-0.2, -0.15) is 0 Å². The van der Waals surface area contributed by atoms with Crippen LogP contribution in [-0.4, -0.2) is 28.9 Å². The van der Waals surface area contributed by atoms with E-state index in [0.29, 0.717) is 0 Å². The number of nitrogens with one attached hydrogen (secondary N) is 1. The van der Waals surface area contributed by atoms with Crippen LogP contribution in [-0.2, 0) is 0 Å². The molecule has 98 valence electrons. The Morgan fingerprint density at radius 2 is 2.00 bits per heavy atom. The molecule has 0 radical (unpaired) electrons. The molecule has 0 aromatic carbocycles. The molecule has 1 amide bonds. The Morgan fingerprint density at radius 3 is 2.61 bits per heavy atom. The molecule has 0 atom stereocenters. The van der Waals surface area contributed by atoms with E-state index in [-0.39, 0.29) is 22.9 Å². The highest BCUT2D eigenvalue weighted by Gasteiger charge is 2.24. The third kappa shape index (κ3) is 2.63. The largest absolute Gasteiger partial charge is 0.364 e. The quantitative estimate of drug-likeness (QED) is 0.871. The molecule has 1 heterocycles. The summed E-state index contributed by atoms with van der Waals surface area (Å²) in [5.41, 5.74) is 0.824. The van der Waals surface area contributed by atoms with Gasteiger partial charge in [0.05, 0.1) is 0 Å². The maximum absolute atomic E-state index is 12.3. The first-order valence-corrected chi connectivity index (χ1v) is 6.56. The number of carbonyl (C=O) groups excluding carboxylic acids is 1. The summed E-state index contributed by atoms with van der Waals surface area (Å²) in [5, 5.41) is 0. The molecule has 0 spiro atoms. The van der Waals surface area contributed by atoms with Gasteiger partial charge in [0.15, 0.2) is 5.43 Å². The van der Waals surface area contributed by atoms with Crippen molar-refractivity contribution >= 4 is 5.91 Å². The van der Waals surface area contributed by atoms with Crippen molar-refractivity contribution in [3.8, 4) is 0 Å². The zero-order valence-corrected chi connectivity index (χ0v) is 11.0. The van der Waals surface area contributed by atoms with Crippen molar-refractivity contribution in [3.63, 3.8) is 0 Å². The van der Waals surface area contributed by atoms with Crippen molar-refractivity contribution < 1.29 is 4.79 Å². The van der Waals surface area contributed by atoms with Crippen LogP contribution in [0, 0.1) is 6.92 Å². The molecule has 4 heteroatoms. The predicted octanol–water partition coefficient (Wildman–Crippen LogP) is 2.09. The molecular formula is C14H20N2O2. The first-order valence-electron chi connectivity index (χ1n) is 6.56. The molecule has 1 aromatic rings. The highest BCUT2D eigenvalue weighted by atomic mass is 16.2. The summed E-state index contributed by atoms with van der Waals surface area (Å²) in [6.45, 7) is 1.81. The Kier molecular flexibility index (Phi) is 3.84. The molecule has 1 aliphatic rings. The summed E-state index contributed by atoms with van der Waals surface area (Å²) in [6, 6.07) is 1.76. The minimum absolute atomic E-state index is 0.164. The Hall–Kier alpha value is -1.58. The number of hydrogen-bond acceptors (Lipinski definition) is 2. The zero-order chi connectivity index (χ0) is 13.1. The number of rotatable bonds is 2. The fourth-order valence-corrected chi connectivity index (χ4v) is 2.56. The second-order valence-corrected chi connectivity index (χ2v) is 5.10. The van der Waals surface area contributed by atoms with Crippen molar-refractivity contribution in [2.45, 2.75) is 45.1 Å². The van der Waals surface area contributed by atoms with Crippen LogP contribution in [0.25, 0.3) is 0 Å². The minimum atomic E-state index is -0.195. The maximum Gasteiger partial charge on any atom is 0.259 e. The van der Waals surface area contributed by atoms with Gasteiger partial charge in [-0.3, -0.25) is 9.59 Å². The third-order valence-electron chi connectivity index (χ3n) is 3.73. The first kappa shape index (κ1) is 12.9. The SMILES string of the molecule is Cc1cc(=O)c(C(=O)N(C)C2CCCCC2)c[nH]1. The number of H-pyrrole nitrogens is 1. The summed E-state index contributed by atoms with van der Waals surface area (Å²) in [7, 11) is 1.80. The highest BCUT2D eigenvalue weighted by Crippen LogP contribution is 2.22. The van der Waals surface area contributed by atoms with Gasteiger partial charge in [0.1, 0.15) is 5.56 Å². The van der Waals surface area contributed by atoms with Crippen molar-refractivity contribution in [1.29, 1.82) is 0 Å². The van der Waals surface area contributed by atoms with Crippen LogP contribution >= 0.6 is 0 Å². The number of amides is 1. The molecule has 18 heavy (non-hydrogen) atoms. The number of carbonyl (C=O) groups is 1. The molecule has 1 aromatic heterocycles. The van der Waals surface area contributed by atoms with Crippen LogP contribution in [0.5, 0.6) is 0 Å². The molecule has 2 rings (SSSR count). The number of hydrogen-bond donors (Lipinski definition) is 1. The maximum atomic E-state index is 12.3. The summed E-state index contributed by atoms with van der Waals surface area (Å²) in [4.78, 5) is 28.8. The molecule has 4 nitrogen and oxygen atoms in total. The normalized spacial score (nSPS) is 16.6. The predicted molar refractivity (Wildman–Crippen MR) is 70.8 cm³/mol. The zero-order valence-electron chi connectivity index (χ0n) is 11.0. The van der Waals surface area contributed by atoms with Gasteiger partial charge < -0.3 is 9.88 Å². The average Bonchev–Trinajstić information content (AvgIpc) is 2.38. The lowest BCUT2D eigenvalue weighted by molar-refractivity contribution is 0.0694. The summed E-state index contributed by atoms with van der Waals surface area (Å²) in [5.74, 6) is -0.164. The van der Waals surface area contributed by atoms with Crippen molar-refractivity contribution in [1.82, 2.24) is 9.88 Å². The molecule has 1 fully saturated rings. The summed E-state index contributed by atoms with van der Waals surface area (Å²) in [6.07, 6.45) is 7.22. The smallest absolute Gasteiger partial charge is 0.259 e. The van der Waals surface area contributed by atoms with E-state index in [1.165, 1.54) is 31.5 Å². The van der Waals surface area contributed by atoms with Gasteiger partial charge in [-0.15, -0.1) is 0 Å². The molecule has 0 bridgehead atoms. The number of aromatic amines is 1. The molecular weight excluding hydrogens is 228 g/mol. The van der Waals surface area contributed by atoms with E-state index in [9.17, 15) is 9.59 Å². The molecule has 0 aliphatic heterocycles. The van der Waals surface area contributed by atoms with Crippen LogP contribution < -0.4 is 5.43 Å². The van der Waals surface area contributed by atoms with Crippen molar-refractivity contribution in [2.24, 2.45) is 0 Å². The topological polar surface area (TPSA) is 53.2 Å². The van der Waals surface area contributed by atoms with Crippen LogP contribution in [0.3, 0.4) is 0 Å². The Bertz CT molecular complexity index is 487. The lowest BCUT2D eigenvalue weighted by Gasteiger charge is -2.31. The van der Waals surface area contributed by atoms with Crippen LogP contribution in [0.4, 0.5) is 0 Å². The van der Waals surface area contributed by atoms with Gasteiger partial charge in [0.2, 0.25) is 0 Å². The Morgan fingerprint density at radius 1 is 1.33 bits per heavy atom. The summed E-state index contributed by atoms with van der Waals surface area (Å²) < 4.78 is 0. The van der Waals surface area contributed by atoms with Gasteiger partial charge in [0, 0.05) is 31.0 Å². The second-order valence-electron chi connectivity index (χ2n) is 5.10. The van der Waals surface area contributed by atoms with Crippen LogP contribution in [0.2, 0.25) is 0 Å². The number of aromatic nitrogens is 1. The average molecular weight is 248 g/mol. The van der Waals surface area contributed by atoms with E-state index in [2.05, 4.69) is 4.98 Å². The third-order valence-corrected chi connectivity index (χ3v) is 3.73. The van der Waals surface area contributed by atoms with Crippen molar-refractivity contribution in [3.05, 3.63) is 33.7 Å². The van der Waals surface area contributed by atoms with E-state index in [4.69, 9.17) is 0 Å². The molecule has 1 aliphatic carbocycles. The lowest BCUT2D eigenvalue weighted by Crippen LogP contribution is -2.40. The summed E-state index contributed by atoms with van der Waals surface area (Å²) >= 11 is 0. The Labute approximate surface area is 107 Å². The van der Waals surface area contributed by atoms with Crippen LogP contribution in [0.1, 0.15) is 48.2 Å². The van der Waals surface area contributed by atoms with Gasteiger partial charge in [-0.05, 0) is 19.8 Å². The van der Waals surface area contributed by atoms with Gasteiger partial charge in [-0.1, -0.05) is 19.3 Å². The van der Waals surface area contributed by atoms with E-state index in [1.54, 1.807) is 18.9 Å². The standard InChI is InChI=1S/C14H20N2O2/c1-10-8-13(17)12(9-15-10)14(18)16(2)11-6-4-3-5-7-11/h8-9,11H,3-7H2,1-2H3,(H,15,17). The molecule has 1 saturated carbocycles.